The average Bonchev–Trinajstić information content (AvgIpc) is 2.36. The van der Waals surface area contributed by atoms with E-state index in [1.165, 1.54) is 5.56 Å². The quantitative estimate of drug-likeness (QED) is 0.820. The van der Waals surface area contributed by atoms with Crippen molar-refractivity contribution in [2.45, 2.75) is 39.3 Å². The predicted octanol–water partition coefficient (Wildman–Crippen LogP) is 3.04. The van der Waals surface area contributed by atoms with Gasteiger partial charge in [-0.1, -0.05) is 19.1 Å². The first-order valence-corrected chi connectivity index (χ1v) is 6.07. The van der Waals surface area contributed by atoms with E-state index in [4.69, 9.17) is 10.00 Å². The van der Waals surface area contributed by atoms with Gasteiger partial charge in [-0.3, -0.25) is 0 Å². The summed E-state index contributed by atoms with van der Waals surface area (Å²) in [7, 11) is 0. The Morgan fingerprint density at radius 3 is 2.47 bits per heavy atom. The molecule has 92 valence electrons. The third kappa shape index (κ3) is 4.46. The van der Waals surface area contributed by atoms with E-state index in [9.17, 15) is 0 Å². The standard InChI is InChI=1S/C14H20N2O/c1-4-9-16-12(3)13-5-7-14(8-6-13)17-11(2)10-15/h5-8,11-12,16H,4,9H2,1-3H3. The molecule has 1 aromatic carbocycles. The molecule has 1 rings (SSSR count). The number of nitrogens with zero attached hydrogens (tertiary/aromatic N) is 1. The second-order valence-electron chi connectivity index (χ2n) is 4.13. The van der Waals surface area contributed by atoms with E-state index in [2.05, 4.69) is 19.2 Å². The highest BCUT2D eigenvalue weighted by molar-refractivity contribution is 5.29. The van der Waals surface area contributed by atoms with Gasteiger partial charge in [-0.25, -0.2) is 0 Å². The molecule has 3 heteroatoms. The van der Waals surface area contributed by atoms with Crippen molar-refractivity contribution in [1.29, 1.82) is 5.26 Å². The van der Waals surface area contributed by atoms with Crippen LogP contribution in [0.15, 0.2) is 24.3 Å². The van der Waals surface area contributed by atoms with Crippen LogP contribution in [0, 0.1) is 11.3 Å². The molecule has 0 radical (unpaired) electrons. The molecule has 0 aromatic heterocycles. The lowest BCUT2D eigenvalue weighted by Crippen LogP contribution is -2.19. The van der Waals surface area contributed by atoms with Gasteiger partial charge in [0.05, 0.1) is 0 Å². The fourth-order valence-electron chi connectivity index (χ4n) is 1.54. The van der Waals surface area contributed by atoms with Gasteiger partial charge in [-0.2, -0.15) is 5.26 Å². The molecule has 2 atom stereocenters. The van der Waals surface area contributed by atoms with Crippen molar-refractivity contribution >= 4 is 0 Å². The second-order valence-corrected chi connectivity index (χ2v) is 4.13. The highest BCUT2D eigenvalue weighted by atomic mass is 16.5. The maximum atomic E-state index is 8.65. The number of ether oxygens (including phenoxy) is 1. The lowest BCUT2D eigenvalue weighted by molar-refractivity contribution is 0.276. The van der Waals surface area contributed by atoms with Gasteiger partial charge in [0.1, 0.15) is 11.8 Å². The zero-order chi connectivity index (χ0) is 12.7. The van der Waals surface area contributed by atoms with Crippen molar-refractivity contribution < 1.29 is 4.74 Å². The zero-order valence-electron chi connectivity index (χ0n) is 10.7. The van der Waals surface area contributed by atoms with Crippen LogP contribution in [0.3, 0.4) is 0 Å². The highest BCUT2D eigenvalue weighted by Crippen LogP contribution is 2.18. The maximum absolute atomic E-state index is 8.65. The number of hydrogen-bond acceptors (Lipinski definition) is 3. The SMILES string of the molecule is CCCNC(C)c1ccc(OC(C)C#N)cc1. The van der Waals surface area contributed by atoms with Crippen LogP contribution in [0.25, 0.3) is 0 Å². The highest BCUT2D eigenvalue weighted by Gasteiger charge is 2.05. The summed E-state index contributed by atoms with van der Waals surface area (Å²) in [4.78, 5) is 0. The van der Waals surface area contributed by atoms with Gasteiger partial charge in [-0.05, 0) is 44.5 Å². The van der Waals surface area contributed by atoms with Crippen molar-refractivity contribution in [3.63, 3.8) is 0 Å². The molecular formula is C14H20N2O. The van der Waals surface area contributed by atoms with Crippen molar-refractivity contribution in [2.75, 3.05) is 6.54 Å². The first kappa shape index (κ1) is 13.5. The first-order chi connectivity index (χ1) is 8.17. The van der Waals surface area contributed by atoms with E-state index in [1.807, 2.05) is 30.3 Å². The topological polar surface area (TPSA) is 45.0 Å². The van der Waals surface area contributed by atoms with Gasteiger partial charge in [0.25, 0.3) is 0 Å². The third-order valence-corrected chi connectivity index (χ3v) is 2.58. The lowest BCUT2D eigenvalue weighted by atomic mass is 10.1. The smallest absolute Gasteiger partial charge is 0.181 e. The van der Waals surface area contributed by atoms with E-state index in [-0.39, 0.29) is 0 Å². The fraction of sp³-hybridized carbons (Fsp3) is 0.500. The molecule has 0 bridgehead atoms. The molecule has 1 N–H and O–H groups in total. The normalized spacial score (nSPS) is 13.8. The van der Waals surface area contributed by atoms with Crippen molar-refractivity contribution in [2.24, 2.45) is 0 Å². The molecule has 0 aliphatic rings. The second kappa shape index (κ2) is 6.93. The Balaban J connectivity index is 2.58. The van der Waals surface area contributed by atoms with E-state index >= 15 is 0 Å². The molecule has 0 aliphatic heterocycles. The van der Waals surface area contributed by atoms with Gasteiger partial charge in [0.15, 0.2) is 6.10 Å². The molecule has 0 amide bonds. The number of nitriles is 1. The van der Waals surface area contributed by atoms with Crippen LogP contribution in [-0.2, 0) is 0 Å². The van der Waals surface area contributed by atoms with E-state index in [0.717, 1.165) is 18.7 Å². The summed E-state index contributed by atoms with van der Waals surface area (Å²) in [6.07, 6.45) is 0.724. The average molecular weight is 232 g/mol. The summed E-state index contributed by atoms with van der Waals surface area (Å²) in [6, 6.07) is 10.3. The molecule has 3 nitrogen and oxygen atoms in total. The Kier molecular flexibility index (Phi) is 5.51. The van der Waals surface area contributed by atoms with E-state index in [0.29, 0.717) is 6.04 Å². The largest absolute Gasteiger partial charge is 0.476 e. The number of rotatable bonds is 6. The molecule has 0 heterocycles. The minimum Gasteiger partial charge on any atom is -0.476 e. The van der Waals surface area contributed by atoms with Crippen LogP contribution < -0.4 is 10.1 Å². The van der Waals surface area contributed by atoms with Gasteiger partial charge in [0.2, 0.25) is 0 Å². The number of benzene rings is 1. The molecule has 0 saturated carbocycles. The minimum atomic E-state index is -0.406. The monoisotopic (exact) mass is 232 g/mol. The summed E-state index contributed by atoms with van der Waals surface area (Å²) in [5, 5.41) is 12.1. The molecule has 2 unspecified atom stereocenters. The van der Waals surface area contributed by atoms with Crippen LogP contribution in [0.5, 0.6) is 5.75 Å². The minimum absolute atomic E-state index is 0.345. The molecule has 0 spiro atoms. The zero-order valence-corrected chi connectivity index (χ0v) is 10.7. The molecule has 0 saturated heterocycles. The molecular weight excluding hydrogens is 212 g/mol. The Hall–Kier alpha value is -1.53. The van der Waals surface area contributed by atoms with Gasteiger partial charge in [0, 0.05) is 6.04 Å². The predicted molar refractivity (Wildman–Crippen MR) is 68.9 cm³/mol. The Labute approximate surface area is 103 Å². The van der Waals surface area contributed by atoms with Crippen molar-refractivity contribution in [3.8, 4) is 11.8 Å². The maximum Gasteiger partial charge on any atom is 0.181 e. The Morgan fingerprint density at radius 2 is 1.94 bits per heavy atom. The summed E-state index contributed by atoms with van der Waals surface area (Å²) in [5.74, 6) is 0.741. The number of hydrogen-bond donors (Lipinski definition) is 1. The summed E-state index contributed by atoms with van der Waals surface area (Å²) >= 11 is 0. The Bertz CT molecular complexity index is 367. The molecule has 0 fully saturated rings. The number of nitrogens with one attached hydrogen (secondary N) is 1. The van der Waals surface area contributed by atoms with Crippen LogP contribution in [0.2, 0.25) is 0 Å². The van der Waals surface area contributed by atoms with Crippen molar-refractivity contribution in [3.05, 3.63) is 29.8 Å². The van der Waals surface area contributed by atoms with Crippen LogP contribution in [-0.4, -0.2) is 12.6 Å². The van der Waals surface area contributed by atoms with Gasteiger partial charge < -0.3 is 10.1 Å². The first-order valence-electron chi connectivity index (χ1n) is 6.07. The van der Waals surface area contributed by atoms with Crippen LogP contribution in [0.4, 0.5) is 0 Å². The summed E-state index contributed by atoms with van der Waals surface area (Å²) in [6.45, 7) is 7.05. The van der Waals surface area contributed by atoms with Gasteiger partial charge in [-0.15, -0.1) is 0 Å². The van der Waals surface area contributed by atoms with E-state index in [1.54, 1.807) is 6.92 Å². The van der Waals surface area contributed by atoms with Crippen molar-refractivity contribution in [1.82, 2.24) is 5.32 Å². The van der Waals surface area contributed by atoms with Crippen LogP contribution >= 0.6 is 0 Å². The molecule has 17 heavy (non-hydrogen) atoms. The Morgan fingerprint density at radius 1 is 1.29 bits per heavy atom. The van der Waals surface area contributed by atoms with Crippen LogP contribution in [0.1, 0.15) is 38.8 Å². The lowest BCUT2D eigenvalue weighted by Gasteiger charge is -2.14. The van der Waals surface area contributed by atoms with E-state index < -0.39 is 6.10 Å². The summed E-state index contributed by atoms with van der Waals surface area (Å²) in [5.41, 5.74) is 1.23. The summed E-state index contributed by atoms with van der Waals surface area (Å²) < 4.78 is 5.40. The molecule has 0 aliphatic carbocycles. The third-order valence-electron chi connectivity index (χ3n) is 2.58. The fourth-order valence-corrected chi connectivity index (χ4v) is 1.54. The van der Waals surface area contributed by atoms with Gasteiger partial charge >= 0.3 is 0 Å². The molecule has 1 aromatic rings.